The molecule has 0 saturated heterocycles. The van der Waals surface area contributed by atoms with E-state index in [1.165, 1.54) is 13.2 Å². The van der Waals surface area contributed by atoms with Gasteiger partial charge in [0.25, 0.3) is 0 Å². The van der Waals surface area contributed by atoms with Gasteiger partial charge in [-0.2, -0.15) is 0 Å². The van der Waals surface area contributed by atoms with E-state index in [-0.39, 0.29) is 11.0 Å². The fourth-order valence-electron chi connectivity index (χ4n) is 6.21. The Kier molecular flexibility index (Phi) is 7.88. The molecule has 2 N–H and O–H groups in total. The van der Waals surface area contributed by atoms with Crippen molar-refractivity contribution < 1.29 is 18.7 Å². The molecule has 6 rings (SSSR count). The van der Waals surface area contributed by atoms with Gasteiger partial charge in [0, 0.05) is 60.5 Å². The van der Waals surface area contributed by atoms with E-state index in [1.807, 2.05) is 65.7 Å². The molecule has 8 heteroatoms. The Balaban J connectivity index is 1.58. The summed E-state index contributed by atoms with van der Waals surface area (Å²) >= 11 is 0. The van der Waals surface area contributed by atoms with Crippen LogP contribution in [-0.4, -0.2) is 50.6 Å². The lowest BCUT2D eigenvalue weighted by Crippen LogP contribution is -2.50. The maximum atomic E-state index is 13.9. The standard InChI is InChI=1S/C36H37N3O5/c1-36(2,22-37)38-16-14-23(15-17-38)33-31(42-3)19-32(43-4)34-29(41)18-30(44-35(33)34)26-20-39(24-10-6-5-7-11-24)28-13-9-8-12-25(28)27(26)21-40/h5-14,18-21,27H,15-17,22,37H2,1-4H3. The van der Waals surface area contributed by atoms with Crippen molar-refractivity contribution in [3.8, 4) is 11.5 Å². The second-order valence-corrected chi connectivity index (χ2v) is 11.7. The van der Waals surface area contributed by atoms with E-state index >= 15 is 0 Å². The van der Waals surface area contributed by atoms with Crippen LogP contribution in [0.25, 0.3) is 22.1 Å². The van der Waals surface area contributed by atoms with Crippen molar-refractivity contribution in [3.63, 3.8) is 0 Å². The lowest BCUT2D eigenvalue weighted by Gasteiger charge is -2.39. The number of rotatable bonds is 8. The monoisotopic (exact) mass is 591 g/mol. The molecular formula is C36H37N3O5. The third-order valence-corrected chi connectivity index (χ3v) is 8.84. The SMILES string of the molecule is COc1cc(OC)c2c(=O)cc(C3=CN(c4ccccc4)c4ccccc4C3C=O)oc2c1C1=CCN(C(C)(C)CN)CC1. The van der Waals surface area contributed by atoms with Crippen LogP contribution in [0.15, 0.2) is 88.2 Å². The first kappa shape index (κ1) is 29.4. The second kappa shape index (κ2) is 11.8. The number of allylic oxidation sites excluding steroid dienone is 1. The fourth-order valence-corrected chi connectivity index (χ4v) is 6.21. The van der Waals surface area contributed by atoms with Crippen LogP contribution in [0.1, 0.15) is 43.1 Å². The number of methoxy groups -OCH3 is 2. The van der Waals surface area contributed by atoms with Gasteiger partial charge in [0.15, 0.2) is 11.0 Å². The molecule has 2 aliphatic rings. The summed E-state index contributed by atoms with van der Waals surface area (Å²) < 4.78 is 18.2. The molecule has 226 valence electrons. The predicted molar refractivity (Wildman–Crippen MR) is 175 cm³/mol. The molecule has 0 fully saturated rings. The van der Waals surface area contributed by atoms with E-state index < -0.39 is 5.92 Å². The second-order valence-electron chi connectivity index (χ2n) is 11.7. The summed E-state index contributed by atoms with van der Waals surface area (Å²) in [4.78, 5) is 31.0. The Bertz CT molecular complexity index is 1840. The molecule has 4 aromatic rings. The van der Waals surface area contributed by atoms with E-state index in [0.717, 1.165) is 35.3 Å². The van der Waals surface area contributed by atoms with Crippen LogP contribution >= 0.6 is 0 Å². The van der Waals surface area contributed by atoms with Crippen LogP contribution in [0.4, 0.5) is 11.4 Å². The van der Waals surface area contributed by atoms with Crippen molar-refractivity contribution in [2.75, 3.05) is 38.8 Å². The topological polar surface area (TPSA) is 98.2 Å². The summed E-state index contributed by atoms with van der Waals surface area (Å²) in [5.41, 5.74) is 11.0. The summed E-state index contributed by atoms with van der Waals surface area (Å²) in [7, 11) is 3.12. The number of anilines is 2. The molecule has 0 aliphatic carbocycles. The van der Waals surface area contributed by atoms with E-state index in [9.17, 15) is 9.59 Å². The summed E-state index contributed by atoms with van der Waals surface area (Å²) in [6.07, 6.45) is 5.66. The van der Waals surface area contributed by atoms with Gasteiger partial charge in [-0.05, 0) is 49.6 Å². The van der Waals surface area contributed by atoms with Gasteiger partial charge in [-0.25, -0.2) is 0 Å². The van der Waals surface area contributed by atoms with Gasteiger partial charge in [-0.15, -0.1) is 0 Å². The smallest absolute Gasteiger partial charge is 0.197 e. The summed E-state index contributed by atoms with van der Waals surface area (Å²) in [5, 5.41) is 0.331. The maximum Gasteiger partial charge on any atom is 0.197 e. The number of ether oxygens (including phenoxy) is 2. The Morgan fingerprint density at radius 3 is 2.41 bits per heavy atom. The molecule has 1 aromatic heterocycles. The van der Waals surface area contributed by atoms with Crippen molar-refractivity contribution in [1.29, 1.82) is 0 Å². The number of benzene rings is 3. The van der Waals surface area contributed by atoms with E-state index in [1.54, 1.807) is 13.2 Å². The zero-order chi connectivity index (χ0) is 31.0. The number of nitrogens with zero attached hydrogens (tertiary/aromatic N) is 2. The first-order valence-corrected chi connectivity index (χ1v) is 14.8. The summed E-state index contributed by atoms with van der Waals surface area (Å²) in [6.45, 7) is 6.30. The van der Waals surface area contributed by atoms with Crippen molar-refractivity contribution in [2.45, 2.75) is 31.7 Å². The third-order valence-electron chi connectivity index (χ3n) is 8.84. The number of carbonyl (C=O) groups excluding carboxylic acids is 1. The molecule has 0 saturated carbocycles. The number of para-hydroxylation sites is 2. The summed E-state index contributed by atoms with van der Waals surface area (Å²) in [5.74, 6) is 0.592. The number of aldehydes is 1. The van der Waals surface area contributed by atoms with Crippen LogP contribution in [0, 0.1) is 0 Å². The Labute approximate surface area is 257 Å². The minimum Gasteiger partial charge on any atom is -0.496 e. The van der Waals surface area contributed by atoms with E-state index in [2.05, 4.69) is 24.8 Å². The van der Waals surface area contributed by atoms with Gasteiger partial charge in [-0.3, -0.25) is 9.69 Å². The van der Waals surface area contributed by atoms with E-state index in [0.29, 0.717) is 58.9 Å². The lowest BCUT2D eigenvalue weighted by atomic mass is 9.86. The van der Waals surface area contributed by atoms with Crippen molar-refractivity contribution in [1.82, 2.24) is 4.90 Å². The first-order chi connectivity index (χ1) is 21.3. The van der Waals surface area contributed by atoms with Crippen LogP contribution in [0.5, 0.6) is 11.5 Å². The Morgan fingerprint density at radius 2 is 1.75 bits per heavy atom. The zero-order valence-electron chi connectivity index (χ0n) is 25.5. The van der Waals surface area contributed by atoms with Crippen LogP contribution < -0.4 is 25.5 Å². The molecule has 1 atom stereocenters. The third kappa shape index (κ3) is 5.00. The average Bonchev–Trinajstić information content (AvgIpc) is 3.07. The highest BCUT2D eigenvalue weighted by Crippen LogP contribution is 2.46. The van der Waals surface area contributed by atoms with Crippen molar-refractivity contribution in [2.24, 2.45) is 5.73 Å². The van der Waals surface area contributed by atoms with Crippen LogP contribution in [0.2, 0.25) is 0 Å². The number of fused-ring (bicyclic) bond motifs is 2. The Hall–Kier alpha value is -4.66. The molecular weight excluding hydrogens is 554 g/mol. The minimum atomic E-state index is -0.635. The molecule has 0 spiro atoms. The van der Waals surface area contributed by atoms with Gasteiger partial charge >= 0.3 is 0 Å². The number of hydrogen-bond acceptors (Lipinski definition) is 8. The van der Waals surface area contributed by atoms with Crippen molar-refractivity contribution in [3.05, 3.63) is 106 Å². The molecule has 3 heterocycles. The number of nitrogens with two attached hydrogens (primary N) is 1. The molecule has 3 aromatic carbocycles. The largest absolute Gasteiger partial charge is 0.496 e. The Morgan fingerprint density at radius 1 is 1.02 bits per heavy atom. The lowest BCUT2D eigenvalue weighted by molar-refractivity contribution is -0.108. The van der Waals surface area contributed by atoms with Gasteiger partial charge in [0.2, 0.25) is 0 Å². The van der Waals surface area contributed by atoms with Gasteiger partial charge in [0.1, 0.15) is 28.9 Å². The molecule has 0 amide bonds. The average molecular weight is 592 g/mol. The van der Waals surface area contributed by atoms with Gasteiger partial charge in [-0.1, -0.05) is 42.5 Å². The minimum absolute atomic E-state index is 0.147. The molecule has 44 heavy (non-hydrogen) atoms. The highest BCUT2D eigenvalue weighted by Gasteiger charge is 2.32. The highest BCUT2D eigenvalue weighted by atomic mass is 16.5. The molecule has 2 aliphatic heterocycles. The number of hydrogen-bond donors (Lipinski definition) is 1. The quantitative estimate of drug-likeness (QED) is 0.245. The van der Waals surface area contributed by atoms with Crippen LogP contribution in [0.3, 0.4) is 0 Å². The normalized spacial score (nSPS) is 17.1. The molecule has 8 nitrogen and oxygen atoms in total. The van der Waals surface area contributed by atoms with E-state index in [4.69, 9.17) is 19.6 Å². The maximum absolute atomic E-state index is 13.9. The molecule has 0 radical (unpaired) electrons. The molecule has 1 unspecified atom stereocenters. The fraction of sp³-hybridized carbons (Fsp3) is 0.278. The first-order valence-electron chi connectivity index (χ1n) is 14.8. The zero-order valence-corrected chi connectivity index (χ0v) is 25.5. The van der Waals surface area contributed by atoms with Crippen molar-refractivity contribution >= 4 is 39.8 Å². The van der Waals surface area contributed by atoms with Crippen LogP contribution in [-0.2, 0) is 4.79 Å². The summed E-state index contributed by atoms with van der Waals surface area (Å²) in [6, 6.07) is 20.9. The number of carbonyl (C=O) groups is 1. The van der Waals surface area contributed by atoms with Gasteiger partial charge in [0.05, 0.1) is 25.7 Å². The highest BCUT2D eigenvalue weighted by molar-refractivity contribution is 5.99. The molecule has 0 bridgehead atoms. The predicted octanol–water partition coefficient (Wildman–Crippen LogP) is 6.11. The van der Waals surface area contributed by atoms with Gasteiger partial charge < -0.3 is 29.3 Å².